The molecule has 2 nitrogen and oxygen atoms in total. The fraction of sp³-hybridized carbons (Fsp3) is 0. The number of hydrogen-bond donors (Lipinski definition) is 0. The first-order valence-corrected chi connectivity index (χ1v) is 28.2. The number of benzene rings is 14. The van der Waals surface area contributed by atoms with E-state index in [1.54, 1.807) is 0 Å². The van der Waals surface area contributed by atoms with Gasteiger partial charge in [-0.15, -0.1) is 0 Å². The predicted octanol–water partition coefficient (Wildman–Crippen LogP) is 22.2. The molecule has 1 heterocycles. The van der Waals surface area contributed by atoms with E-state index in [0.717, 1.165) is 45.0 Å². The Balaban J connectivity index is 0.922. The molecule has 82 heavy (non-hydrogen) atoms. The van der Waals surface area contributed by atoms with Crippen LogP contribution in [-0.4, -0.2) is 4.57 Å². The molecule has 0 saturated carbocycles. The molecule has 0 radical (unpaired) electrons. The van der Waals surface area contributed by atoms with E-state index in [1.807, 2.05) is 0 Å². The zero-order valence-corrected chi connectivity index (χ0v) is 45.1. The van der Waals surface area contributed by atoms with Gasteiger partial charge in [-0.05, 0) is 148 Å². The maximum atomic E-state index is 2.44. The Hall–Kier alpha value is -10.8. The second-order valence-electron chi connectivity index (χ2n) is 21.1. The molecular formula is C80H54N2. The van der Waals surface area contributed by atoms with Gasteiger partial charge in [0.25, 0.3) is 0 Å². The maximum Gasteiger partial charge on any atom is 0.0541 e. The summed E-state index contributed by atoms with van der Waals surface area (Å²) in [4.78, 5) is 2.44. The molecule has 0 bridgehead atoms. The van der Waals surface area contributed by atoms with Gasteiger partial charge >= 0.3 is 0 Å². The average Bonchev–Trinajstić information content (AvgIpc) is 3.64. The monoisotopic (exact) mass is 1040 g/mol. The Kier molecular flexibility index (Phi) is 12.2. The Labute approximate surface area is 478 Å². The summed E-state index contributed by atoms with van der Waals surface area (Å²) in [5, 5.41) is 7.39. The van der Waals surface area contributed by atoms with Gasteiger partial charge in [0.15, 0.2) is 0 Å². The lowest BCUT2D eigenvalue weighted by atomic mass is 9.87. The lowest BCUT2D eigenvalue weighted by Crippen LogP contribution is -2.10. The molecule has 0 amide bonds. The van der Waals surface area contributed by atoms with Crippen LogP contribution < -0.4 is 4.90 Å². The normalized spacial score (nSPS) is 11.4. The van der Waals surface area contributed by atoms with Gasteiger partial charge in [0.2, 0.25) is 0 Å². The van der Waals surface area contributed by atoms with Crippen molar-refractivity contribution in [3.05, 3.63) is 328 Å². The Morgan fingerprint density at radius 3 is 1.00 bits per heavy atom. The van der Waals surface area contributed by atoms with E-state index in [0.29, 0.717) is 0 Å². The first-order chi connectivity index (χ1) is 40.7. The van der Waals surface area contributed by atoms with Crippen molar-refractivity contribution in [3.8, 4) is 83.6 Å². The summed E-state index contributed by atoms with van der Waals surface area (Å²) in [5.74, 6) is 0. The molecule has 0 saturated heterocycles. The molecule has 15 rings (SSSR count). The van der Waals surface area contributed by atoms with Crippen LogP contribution >= 0.6 is 0 Å². The summed E-state index contributed by atoms with van der Waals surface area (Å²) in [7, 11) is 0. The fourth-order valence-electron chi connectivity index (χ4n) is 12.7. The molecule has 384 valence electrons. The average molecular weight is 1040 g/mol. The highest BCUT2D eigenvalue weighted by atomic mass is 15.1. The van der Waals surface area contributed by atoms with Crippen LogP contribution in [0, 0.1) is 0 Å². The lowest BCUT2D eigenvalue weighted by Gasteiger charge is -2.27. The van der Waals surface area contributed by atoms with Crippen molar-refractivity contribution >= 4 is 60.4 Å². The van der Waals surface area contributed by atoms with Gasteiger partial charge in [-0.1, -0.05) is 273 Å². The van der Waals surface area contributed by atoms with Crippen molar-refractivity contribution in [2.24, 2.45) is 0 Å². The number of aromatic nitrogens is 1. The van der Waals surface area contributed by atoms with E-state index in [9.17, 15) is 0 Å². The molecular weight excluding hydrogens is 989 g/mol. The Morgan fingerprint density at radius 1 is 0.195 bits per heavy atom. The number of para-hydroxylation sites is 3. The first-order valence-electron chi connectivity index (χ1n) is 28.2. The van der Waals surface area contributed by atoms with Crippen molar-refractivity contribution in [2.75, 3.05) is 4.90 Å². The minimum atomic E-state index is 1.05. The van der Waals surface area contributed by atoms with Crippen LogP contribution in [-0.2, 0) is 0 Å². The molecule has 2 heteroatoms. The third kappa shape index (κ3) is 8.53. The van der Waals surface area contributed by atoms with Crippen LogP contribution in [0.1, 0.15) is 0 Å². The summed E-state index contributed by atoms with van der Waals surface area (Å²) >= 11 is 0. The van der Waals surface area contributed by atoms with Gasteiger partial charge < -0.3 is 9.47 Å². The lowest BCUT2D eigenvalue weighted by molar-refractivity contribution is 1.18. The van der Waals surface area contributed by atoms with Gasteiger partial charge in [-0.2, -0.15) is 0 Å². The van der Waals surface area contributed by atoms with E-state index >= 15 is 0 Å². The van der Waals surface area contributed by atoms with Gasteiger partial charge in [-0.3, -0.25) is 0 Å². The Bertz CT molecular complexity index is 4570. The summed E-state index contributed by atoms with van der Waals surface area (Å²) < 4.78 is 2.43. The summed E-state index contributed by atoms with van der Waals surface area (Å²) in [6.45, 7) is 0. The molecule has 14 aromatic carbocycles. The number of fused-ring (bicyclic) bond motifs is 5. The van der Waals surface area contributed by atoms with Crippen molar-refractivity contribution in [2.45, 2.75) is 0 Å². The predicted molar refractivity (Wildman–Crippen MR) is 349 cm³/mol. The Morgan fingerprint density at radius 2 is 0.524 bits per heavy atom. The van der Waals surface area contributed by atoms with Crippen molar-refractivity contribution in [3.63, 3.8) is 0 Å². The van der Waals surface area contributed by atoms with Crippen LogP contribution in [0.3, 0.4) is 0 Å². The smallest absolute Gasteiger partial charge is 0.0541 e. The van der Waals surface area contributed by atoms with Crippen LogP contribution in [0.2, 0.25) is 0 Å². The topological polar surface area (TPSA) is 8.17 Å². The van der Waals surface area contributed by atoms with E-state index < -0.39 is 0 Å². The summed E-state index contributed by atoms with van der Waals surface area (Å²) in [6.07, 6.45) is 0. The van der Waals surface area contributed by atoms with Crippen LogP contribution in [0.5, 0.6) is 0 Å². The number of rotatable bonds is 11. The van der Waals surface area contributed by atoms with Crippen LogP contribution in [0.15, 0.2) is 328 Å². The molecule has 0 aliphatic rings. The highest BCUT2D eigenvalue weighted by Crippen LogP contribution is 2.47. The first kappa shape index (κ1) is 48.3. The van der Waals surface area contributed by atoms with Gasteiger partial charge in [0.05, 0.1) is 16.7 Å². The summed E-state index contributed by atoms with van der Waals surface area (Å²) in [5.41, 5.74) is 23.2. The van der Waals surface area contributed by atoms with E-state index in [1.165, 1.54) is 99.0 Å². The zero-order valence-electron chi connectivity index (χ0n) is 45.1. The molecule has 0 unspecified atom stereocenters. The number of hydrogen-bond acceptors (Lipinski definition) is 1. The van der Waals surface area contributed by atoms with Gasteiger partial charge in [-0.25, -0.2) is 0 Å². The minimum absolute atomic E-state index is 1.05. The molecule has 0 N–H and O–H groups in total. The quantitative estimate of drug-likeness (QED) is 0.125. The molecule has 0 aliphatic heterocycles. The minimum Gasteiger partial charge on any atom is -0.310 e. The van der Waals surface area contributed by atoms with Crippen molar-refractivity contribution in [1.82, 2.24) is 4.57 Å². The van der Waals surface area contributed by atoms with E-state index in [2.05, 4.69) is 337 Å². The fourth-order valence-corrected chi connectivity index (χ4v) is 12.7. The van der Waals surface area contributed by atoms with E-state index in [4.69, 9.17) is 0 Å². The largest absolute Gasteiger partial charge is 0.310 e. The summed E-state index contributed by atoms with van der Waals surface area (Å²) in [6, 6.07) is 120. The third-order valence-electron chi connectivity index (χ3n) is 16.4. The molecule has 0 spiro atoms. The standard InChI is InChI=1S/C80H54N2/c1-5-23-55(24-6-1)65-49-51-70(57-27-9-3-10-28-57)79-68(38-21-40-74(65)79)60-31-19-33-63(53-60)81(62-47-45-59(46-48-62)67-35-13-16-42-76(67)82-77-43-17-14-36-72(77)73-37-15-18-44-78(73)82)64-34-20-32-61(54-64)69-39-22-41-75-66(56-25-7-2-8-26-56)50-52-71(80(69)75)58-29-11-4-12-30-58/h1-54H. The highest BCUT2D eigenvalue weighted by Gasteiger charge is 2.21. The molecule has 0 fully saturated rings. The van der Waals surface area contributed by atoms with Gasteiger partial charge in [0, 0.05) is 33.4 Å². The number of anilines is 3. The maximum absolute atomic E-state index is 2.44. The van der Waals surface area contributed by atoms with Crippen molar-refractivity contribution in [1.29, 1.82) is 0 Å². The highest BCUT2D eigenvalue weighted by molar-refractivity contribution is 6.14. The van der Waals surface area contributed by atoms with E-state index in [-0.39, 0.29) is 0 Å². The zero-order chi connectivity index (χ0) is 54.3. The van der Waals surface area contributed by atoms with Gasteiger partial charge in [0.1, 0.15) is 0 Å². The van der Waals surface area contributed by atoms with Crippen LogP contribution in [0.4, 0.5) is 17.1 Å². The second-order valence-corrected chi connectivity index (χ2v) is 21.1. The van der Waals surface area contributed by atoms with Crippen molar-refractivity contribution < 1.29 is 0 Å². The molecule has 0 atom stereocenters. The number of nitrogens with zero attached hydrogens (tertiary/aromatic N) is 2. The molecule has 0 aliphatic carbocycles. The SMILES string of the molecule is c1ccc(-c2ccc(-c3ccccc3)c3c(-c4cccc(N(c5ccc(-c6ccccc6-n6c7ccccc7c7ccccc76)cc5)c5cccc(-c6cccc7c(-c8ccccc8)ccc(-c8ccccc8)c67)c5)c4)cccc23)cc1. The van der Waals surface area contributed by atoms with Crippen LogP contribution in [0.25, 0.3) is 127 Å². The second kappa shape index (κ2) is 20.8. The molecule has 1 aromatic heterocycles. The molecule has 15 aromatic rings. The third-order valence-corrected chi connectivity index (χ3v) is 16.4.